The summed E-state index contributed by atoms with van der Waals surface area (Å²) in [5, 5.41) is 0. The lowest BCUT2D eigenvalue weighted by molar-refractivity contribution is 0.263. The third kappa shape index (κ3) is 3.92. The zero-order valence-corrected chi connectivity index (χ0v) is 9.32. The highest BCUT2D eigenvalue weighted by Gasteiger charge is 2.01. The molecule has 0 unspecified atom stereocenters. The summed E-state index contributed by atoms with van der Waals surface area (Å²) in [6, 6.07) is 0. The molecule has 1 aromatic heterocycles. The Morgan fingerprint density at radius 1 is 1.14 bits per heavy atom. The zero-order valence-electron chi connectivity index (χ0n) is 9.32. The van der Waals surface area contributed by atoms with E-state index in [1.54, 1.807) is 0 Å². The fourth-order valence-electron chi connectivity index (χ4n) is 1.64. The predicted octanol–water partition coefficient (Wildman–Crippen LogP) is 2.01. The van der Waals surface area contributed by atoms with Crippen molar-refractivity contribution in [1.82, 2.24) is 14.5 Å². The highest BCUT2D eigenvalue weighted by molar-refractivity contribution is 4.74. The smallest absolute Gasteiger partial charge is 0.0946 e. The fourth-order valence-corrected chi connectivity index (χ4v) is 1.64. The summed E-state index contributed by atoms with van der Waals surface area (Å²) in [7, 11) is 0. The van der Waals surface area contributed by atoms with Crippen LogP contribution in [0.2, 0.25) is 0 Å². The molecule has 0 saturated carbocycles. The summed E-state index contributed by atoms with van der Waals surface area (Å²) in [4.78, 5) is 6.55. The molecule has 80 valence electrons. The largest absolute Gasteiger partial charge is 0.336 e. The minimum absolute atomic E-state index is 1.06. The Kier molecular flexibility index (Phi) is 5.30. The molecule has 0 saturated heterocycles. The molecule has 1 rings (SSSR count). The van der Waals surface area contributed by atoms with Crippen LogP contribution in [0.1, 0.15) is 26.7 Å². The maximum absolute atomic E-state index is 4.04. The first-order chi connectivity index (χ1) is 6.86. The second-order valence-corrected chi connectivity index (χ2v) is 3.64. The lowest BCUT2D eigenvalue weighted by atomic mass is 10.3. The molecule has 14 heavy (non-hydrogen) atoms. The van der Waals surface area contributed by atoms with Crippen LogP contribution in [-0.2, 0) is 6.54 Å². The average molecular weight is 195 g/mol. The minimum atomic E-state index is 1.06. The van der Waals surface area contributed by atoms with Crippen molar-refractivity contribution in [3.63, 3.8) is 0 Å². The second kappa shape index (κ2) is 6.60. The van der Waals surface area contributed by atoms with E-state index in [4.69, 9.17) is 0 Å². The van der Waals surface area contributed by atoms with Crippen LogP contribution in [0.4, 0.5) is 0 Å². The molecule has 0 aliphatic heterocycles. The molecular formula is C11H21N3. The number of aromatic nitrogens is 2. The van der Waals surface area contributed by atoms with Crippen LogP contribution in [0.3, 0.4) is 0 Å². The molecule has 0 N–H and O–H groups in total. The highest BCUT2D eigenvalue weighted by Crippen LogP contribution is 1.95. The van der Waals surface area contributed by atoms with Crippen molar-refractivity contribution in [2.75, 3.05) is 19.6 Å². The van der Waals surface area contributed by atoms with E-state index < -0.39 is 0 Å². The van der Waals surface area contributed by atoms with Crippen molar-refractivity contribution in [2.24, 2.45) is 0 Å². The summed E-state index contributed by atoms with van der Waals surface area (Å²) in [5.41, 5.74) is 0. The van der Waals surface area contributed by atoms with E-state index in [9.17, 15) is 0 Å². The van der Waals surface area contributed by atoms with Gasteiger partial charge in [0.25, 0.3) is 0 Å². The van der Waals surface area contributed by atoms with E-state index in [1.165, 1.54) is 25.9 Å². The first-order valence-electron chi connectivity index (χ1n) is 5.55. The Balaban J connectivity index is 2.25. The van der Waals surface area contributed by atoms with Gasteiger partial charge in [-0.05, 0) is 25.9 Å². The van der Waals surface area contributed by atoms with Gasteiger partial charge in [0.15, 0.2) is 0 Å². The van der Waals surface area contributed by atoms with Gasteiger partial charge in [0, 0.05) is 25.5 Å². The van der Waals surface area contributed by atoms with Crippen LogP contribution >= 0.6 is 0 Å². The topological polar surface area (TPSA) is 21.1 Å². The normalized spacial score (nSPS) is 11.1. The Labute approximate surface area is 86.7 Å². The summed E-state index contributed by atoms with van der Waals surface area (Å²) in [5.74, 6) is 0. The molecule has 3 heteroatoms. The third-order valence-electron chi connectivity index (χ3n) is 2.31. The quantitative estimate of drug-likeness (QED) is 0.663. The van der Waals surface area contributed by atoms with E-state index in [2.05, 4.69) is 28.3 Å². The van der Waals surface area contributed by atoms with Gasteiger partial charge in [-0.1, -0.05) is 13.8 Å². The Bertz CT molecular complexity index is 212. The van der Waals surface area contributed by atoms with E-state index in [1.807, 2.05) is 18.7 Å². The van der Waals surface area contributed by atoms with E-state index in [-0.39, 0.29) is 0 Å². The molecule has 0 fully saturated rings. The van der Waals surface area contributed by atoms with Gasteiger partial charge >= 0.3 is 0 Å². The average Bonchev–Trinajstić information content (AvgIpc) is 2.67. The van der Waals surface area contributed by atoms with E-state index in [0.29, 0.717) is 0 Å². The van der Waals surface area contributed by atoms with Crippen molar-refractivity contribution in [1.29, 1.82) is 0 Å². The first-order valence-corrected chi connectivity index (χ1v) is 5.55. The lowest BCUT2D eigenvalue weighted by Gasteiger charge is -2.20. The number of rotatable bonds is 7. The minimum Gasteiger partial charge on any atom is -0.336 e. The van der Waals surface area contributed by atoms with Crippen LogP contribution in [0.5, 0.6) is 0 Å². The summed E-state index contributed by atoms with van der Waals surface area (Å²) < 4.78 is 2.14. The third-order valence-corrected chi connectivity index (χ3v) is 2.31. The second-order valence-electron chi connectivity index (χ2n) is 3.64. The highest BCUT2D eigenvalue weighted by atomic mass is 15.1. The van der Waals surface area contributed by atoms with Gasteiger partial charge in [-0.3, -0.25) is 0 Å². The molecule has 0 atom stereocenters. The monoisotopic (exact) mass is 195 g/mol. The van der Waals surface area contributed by atoms with Crippen molar-refractivity contribution < 1.29 is 0 Å². The van der Waals surface area contributed by atoms with Gasteiger partial charge in [0.05, 0.1) is 6.33 Å². The van der Waals surface area contributed by atoms with Crippen LogP contribution in [-0.4, -0.2) is 34.1 Å². The molecule has 0 bridgehead atoms. The number of hydrogen-bond donors (Lipinski definition) is 0. The zero-order chi connectivity index (χ0) is 10.2. The molecular weight excluding hydrogens is 174 g/mol. The number of imidazole rings is 1. The van der Waals surface area contributed by atoms with Crippen LogP contribution in [0.25, 0.3) is 0 Å². The van der Waals surface area contributed by atoms with Crippen molar-refractivity contribution in [2.45, 2.75) is 33.2 Å². The molecule has 0 aliphatic carbocycles. The van der Waals surface area contributed by atoms with Gasteiger partial charge < -0.3 is 9.47 Å². The Morgan fingerprint density at radius 3 is 2.36 bits per heavy atom. The lowest BCUT2D eigenvalue weighted by Crippen LogP contribution is -2.28. The summed E-state index contributed by atoms with van der Waals surface area (Å²) >= 11 is 0. The van der Waals surface area contributed by atoms with Gasteiger partial charge in [0.1, 0.15) is 0 Å². The molecule has 0 aromatic carbocycles. The molecule has 3 nitrogen and oxygen atoms in total. The Morgan fingerprint density at radius 2 is 1.86 bits per heavy atom. The van der Waals surface area contributed by atoms with Crippen LogP contribution < -0.4 is 0 Å². The SMILES string of the molecule is CCCN(CCC)CCn1ccnc1. The van der Waals surface area contributed by atoms with E-state index in [0.717, 1.165) is 13.1 Å². The van der Waals surface area contributed by atoms with Crippen molar-refractivity contribution >= 4 is 0 Å². The molecule has 0 aliphatic rings. The fraction of sp³-hybridized carbons (Fsp3) is 0.727. The molecule has 1 aromatic rings. The maximum atomic E-state index is 4.04. The maximum Gasteiger partial charge on any atom is 0.0946 e. The predicted molar refractivity (Wildman–Crippen MR) is 59.2 cm³/mol. The number of hydrogen-bond acceptors (Lipinski definition) is 2. The van der Waals surface area contributed by atoms with Crippen molar-refractivity contribution in [3.8, 4) is 0 Å². The first kappa shape index (κ1) is 11.2. The Hall–Kier alpha value is -0.830. The summed E-state index contributed by atoms with van der Waals surface area (Å²) in [6.07, 6.45) is 8.23. The molecule has 0 amide bonds. The molecule has 0 spiro atoms. The number of nitrogens with zero attached hydrogens (tertiary/aromatic N) is 3. The summed E-state index contributed by atoms with van der Waals surface area (Å²) in [6.45, 7) is 9.09. The molecule has 1 heterocycles. The standard InChI is InChI=1S/C11H21N3/c1-3-6-13(7-4-2)9-10-14-8-5-12-11-14/h5,8,11H,3-4,6-7,9-10H2,1-2H3. The van der Waals surface area contributed by atoms with Gasteiger partial charge in [-0.2, -0.15) is 0 Å². The van der Waals surface area contributed by atoms with Crippen molar-refractivity contribution in [3.05, 3.63) is 18.7 Å². The van der Waals surface area contributed by atoms with Gasteiger partial charge in [0.2, 0.25) is 0 Å². The van der Waals surface area contributed by atoms with Crippen LogP contribution in [0, 0.1) is 0 Å². The van der Waals surface area contributed by atoms with E-state index >= 15 is 0 Å². The van der Waals surface area contributed by atoms with Gasteiger partial charge in [-0.15, -0.1) is 0 Å². The van der Waals surface area contributed by atoms with Gasteiger partial charge in [-0.25, -0.2) is 4.98 Å². The van der Waals surface area contributed by atoms with Crippen LogP contribution in [0.15, 0.2) is 18.7 Å². The molecule has 0 radical (unpaired) electrons.